The number of amides is 1. The zero-order chi connectivity index (χ0) is 9.94. The highest BCUT2D eigenvalue weighted by atomic mass is 32.2. The summed E-state index contributed by atoms with van der Waals surface area (Å²) in [6.07, 6.45) is 4.02. The van der Waals surface area contributed by atoms with Crippen molar-refractivity contribution in [1.29, 1.82) is 0 Å². The molecule has 0 saturated heterocycles. The average molecular weight is 202 g/mol. The summed E-state index contributed by atoms with van der Waals surface area (Å²) in [5.74, 6) is 2.21. The number of hydrogen-bond donors (Lipinski definition) is 2. The molecule has 4 heteroatoms. The van der Waals surface area contributed by atoms with Gasteiger partial charge >= 0.3 is 0 Å². The summed E-state index contributed by atoms with van der Waals surface area (Å²) < 4.78 is 0. The van der Waals surface area contributed by atoms with E-state index in [4.69, 9.17) is 0 Å². The first-order chi connectivity index (χ1) is 6.27. The summed E-state index contributed by atoms with van der Waals surface area (Å²) in [7, 11) is 0. The van der Waals surface area contributed by atoms with Crippen LogP contribution in [0.5, 0.6) is 0 Å². The van der Waals surface area contributed by atoms with Crippen molar-refractivity contribution in [1.82, 2.24) is 10.6 Å². The van der Waals surface area contributed by atoms with Crippen LogP contribution in [0.2, 0.25) is 0 Å². The van der Waals surface area contributed by atoms with E-state index in [9.17, 15) is 4.79 Å². The van der Waals surface area contributed by atoms with Crippen LogP contribution in [0.1, 0.15) is 13.8 Å². The lowest BCUT2D eigenvalue weighted by atomic mass is 10.5. The zero-order valence-corrected chi connectivity index (χ0v) is 9.12. The van der Waals surface area contributed by atoms with Crippen molar-refractivity contribution < 1.29 is 4.79 Å². The largest absolute Gasteiger partial charge is 0.389 e. The van der Waals surface area contributed by atoms with E-state index in [1.165, 1.54) is 6.92 Å². The Hall–Kier alpha value is -0.640. The van der Waals surface area contributed by atoms with Crippen molar-refractivity contribution in [2.75, 3.05) is 24.6 Å². The van der Waals surface area contributed by atoms with Crippen LogP contribution < -0.4 is 10.6 Å². The summed E-state index contributed by atoms with van der Waals surface area (Å²) in [6, 6.07) is 0. The van der Waals surface area contributed by atoms with Crippen molar-refractivity contribution in [2.24, 2.45) is 0 Å². The highest BCUT2D eigenvalue weighted by Gasteiger charge is 1.86. The molecule has 0 aromatic heterocycles. The molecule has 0 aliphatic rings. The highest BCUT2D eigenvalue weighted by Crippen LogP contribution is 1.96. The van der Waals surface area contributed by atoms with Crippen LogP contribution in [-0.4, -0.2) is 30.5 Å². The third-order valence-corrected chi connectivity index (χ3v) is 2.13. The maximum Gasteiger partial charge on any atom is 0.216 e. The molecule has 0 spiro atoms. The Morgan fingerprint density at radius 2 is 2.23 bits per heavy atom. The third-order valence-electron chi connectivity index (χ3n) is 1.30. The predicted octanol–water partition coefficient (Wildman–Crippen LogP) is 0.979. The molecular formula is C9H18N2OS. The lowest BCUT2D eigenvalue weighted by molar-refractivity contribution is -0.118. The number of carbonyl (C=O) groups excluding carboxylic acids is 1. The van der Waals surface area contributed by atoms with Gasteiger partial charge in [0.2, 0.25) is 5.91 Å². The molecule has 0 fully saturated rings. The average Bonchev–Trinajstić information content (AvgIpc) is 2.09. The van der Waals surface area contributed by atoms with Crippen molar-refractivity contribution >= 4 is 17.7 Å². The summed E-state index contributed by atoms with van der Waals surface area (Å²) >= 11 is 1.88. The molecule has 0 unspecified atom stereocenters. The summed E-state index contributed by atoms with van der Waals surface area (Å²) in [5, 5.41) is 5.80. The van der Waals surface area contributed by atoms with Gasteiger partial charge in [0.1, 0.15) is 0 Å². The standard InChI is InChI=1S/C9H18N2OS/c1-3-13-8-4-5-10-6-7-11-9(2)12/h4-5,10H,3,6-8H2,1-2H3,(H,11,12). The van der Waals surface area contributed by atoms with Gasteiger partial charge in [0, 0.05) is 25.8 Å². The maximum atomic E-state index is 10.5. The number of nitrogens with one attached hydrogen (secondary N) is 2. The van der Waals surface area contributed by atoms with E-state index in [1.54, 1.807) is 0 Å². The number of carbonyl (C=O) groups is 1. The minimum atomic E-state index is 0.0207. The van der Waals surface area contributed by atoms with E-state index in [0.29, 0.717) is 6.54 Å². The lowest BCUT2D eigenvalue weighted by Crippen LogP contribution is -2.27. The molecule has 0 aromatic carbocycles. The topological polar surface area (TPSA) is 41.1 Å². The molecule has 0 aromatic rings. The Morgan fingerprint density at radius 3 is 2.85 bits per heavy atom. The molecule has 0 aliphatic carbocycles. The van der Waals surface area contributed by atoms with Gasteiger partial charge < -0.3 is 10.6 Å². The molecule has 0 bridgehead atoms. The maximum absolute atomic E-state index is 10.5. The van der Waals surface area contributed by atoms with Gasteiger partial charge in [-0.1, -0.05) is 13.0 Å². The highest BCUT2D eigenvalue weighted by molar-refractivity contribution is 7.99. The van der Waals surface area contributed by atoms with E-state index < -0.39 is 0 Å². The molecule has 0 aliphatic heterocycles. The van der Waals surface area contributed by atoms with Gasteiger partial charge in [-0.25, -0.2) is 0 Å². The minimum absolute atomic E-state index is 0.0207. The second-order valence-electron chi connectivity index (χ2n) is 2.50. The van der Waals surface area contributed by atoms with Gasteiger partial charge in [-0.15, -0.1) is 0 Å². The van der Waals surface area contributed by atoms with Crippen molar-refractivity contribution in [3.05, 3.63) is 12.3 Å². The Labute approximate surface area is 84.4 Å². The van der Waals surface area contributed by atoms with E-state index in [-0.39, 0.29) is 5.91 Å². The fourth-order valence-electron chi connectivity index (χ4n) is 0.711. The minimum Gasteiger partial charge on any atom is -0.389 e. The third kappa shape index (κ3) is 11.4. The first-order valence-corrected chi connectivity index (χ1v) is 5.63. The van der Waals surface area contributed by atoms with Gasteiger partial charge in [-0.05, 0) is 12.0 Å². The predicted molar refractivity (Wildman–Crippen MR) is 58.8 cm³/mol. The molecule has 13 heavy (non-hydrogen) atoms. The second kappa shape index (κ2) is 9.45. The van der Waals surface area contributed by atoms with Crippen LogP contribution in [0, 0.1) is 0 Å². The Balaban J connectivity index is 3.06. The monoisotopic (exact) mass is 202 g/mol. The zero-order valence-electron chi connectivity index (χ0n) is 8.30. The molecule has 2 N–H and O–H groups in total. The van der Waals surface area contributed by atoms with E-state index in [0.717, 1.165) is 18.1 Å². The second-order valence-corrected chi connectivity index (χ2v) is 3.82. The lowest BCUT2D eigenvalue weighted by Gasteiger charge is -2.01. The number of rotatable bonds is 7. The molecule has 0 rings (SSSR count). The van der Waals surface area contributed by atoms with Crippen LogP contribution in [0.15, 0.2) is 12.3 Å². The van der Waals surface area contributed by atoms with E-state index in [1.807, 2.05) is 18.0 Å². The van der Waals surface area contributed by atoms with Gasteiger partial charge in [0.25, 0.3) is 0 Å². The first kappa shape index (κ1) is 12.4. The molecule has 0 radical (unpaired) electrons. The van der Waals surface area contributed by atoms with Crippen LogP contribution in [-0.2, 0) is 4.79 Å². The summed E-state index contributed by atoms with van der Waals surface area (Å²) in [5.41, 5.74) is 0. The van der Waals surface area contributed by atoms with Crippen molar-refractivity contribution in [3.8, 4) is 0 Å². The molecule has 3 nitrogen and oxygen atoms in total. The molecule has 0 saturated carbocycles. The normalized spacial score (nSPS) is 10.3. The van der Waals surface area contributed by atoms with Crippen LogP contribution in [0.25, 0.3) is 0 Å². The van der Waals surface area contributed by atoms with Crippen LogP contribution >= 0.6 is 11.8 Å². The molecule has 0 atom stereocenters. The first-order valence-electron chi connectivity index (χ1n) is 4.48. The van der Waals surface area contributed by atoms with Gasteiger partial charge in [-0.2, -0.15) is 11.8 Å². The fraction of sp³-hybridized carbons (Fsp3) is 0.667. The SMILES string of the molecule is CCSCC=CNCCNC(C)=O. The van der Waals surface area contributed by atoms with Crippen molar-refractivity contribution in [3.63, 3.8) is 0 Å². The quantitative estimate of drug-likeness (QED) is 0.605. The summed E-state index contributed by atoms with van der Waals surface area (Å²) in [4.78, 5) is 10.5. The molecule has 1 amide bonds. The number of thioether (sulfide) groups is 1. The van der Waals surface area contributed by atoms with Gasteiger partial charge in [0.15, 0.2) is 0 Å². The van der Waals surface area contributed by atoms with E-state index >= 15 is 0 Å². The Kier molecular flexibility index (Phi) is 8.98. The van der Waals surface area contributed by atoms with Crippen molar-refractivity contribution in [2.45, 2.75) is 13.8 Å². The fourth-order valence-corrected chi connectivity index (χ4v) is 1.18. The van der Waals surface area contributed by atoms with Gasteiger partial charge in [0.05, 0.1) is 0 Å². The number of hydrogen-bond acceptors (Lipinski definition) is 3. The molecular weight excluding hydrogens is 184 g/mol. The molecule has 0 heterocycles. The van der Waals surface area contributed by atoms with Gasteiger partial charge in [-0.3, -0.25) is 4.79 Å². The Morgan fingerprint density at radius 1 is 1.46 bits per heavy atom. The Bertz CT molecular complexity index is 160. The van der Waals surface area contributed by atoms with E-state index in [2.05, 4.69) is 23.6 Å². The van der Waals surface area contributed by atoms with Crippen LogP contribution in [0.4, 0.5) is 0 Å². The summed E-state index contributed by atoms with van der Waals surface area (Å²) in [6.45, 7) is 5.13. The van der Waals surface area contributed by atoms with Crippen LogP contribution in [0.3, 0.4) is 0 Å². The smallest absolute Gasteiger partial charge is 0.216 e. The molecule has 76 valence electrons.